The van der Waals surface area contributed by atoms with Crippen LogP contribution in [-0.2, 0) is 16.1 Å². The summed E-state index contributed by atoms with van der Waals surface area (Å²) in [6.07, 6.45) is 0. The molecule has 1 heterocycles. The summed E-state index contributed by atoms with van der Waals surface area (Å²) in [4.78, 5) is 11.9. The highest BCUT2D eigenvalue weighted by Gasteiger charge is 2.20. The number of hydrogen-bond donors (Lipinski definition) is 2. The maximum absolute atomic E-state index is 11.9. The molecular weight excluding hydrogens is 332 g/mol. The van der Waals surface area contributed by atoms with E-state index in [1.165, 1.54) is 0 Å². The minimum absolute atomic E-state index is 0. The zero-order valence-corrected chi connectivity index (χ0v) is 13.1. The molecule has 1 aromatic carbocycles. The van der Waals surface area contributed by atoms with Crippen molar-refractivity contribution in [3.63, 3.8) is 0 Å². The summed E-state index contributed by atoms with van der Waals surface area (Å²) in [6, 6.07) is 5.82. The van der Waals surface area contributed by atoms with Gasteiger partial charge in [-0.1, -0.05) is 22.0 Å². The van der Waals surface area contributed by atoms with Crippen molar-refractivity contribution in [3.8, 4) is 0 Å². The van der Waals surface area contributed by atoms with E-state index in [1.54, 1.807) is 0 Å². The third-order valence-electron chi connectivity index (χ3n) is 3.00. The van der Waals surface area contributed by atoms with Crippen molar-refractivity contribution < 1.29 is 9.53 Å². The first-order chi connectivity index (χ1) is 8.66. The fourth-order valence-corrected chi connectivity index (χ4v) is 2.37. The SMILES string of the molecule is Cc1cc(Br)ccc1CNC(=O)C1COCCN1.Cl. The number of nitrogens with one attached hydrogen (secondary N) is 2. The molecule has 1 amide bonds. The topological polar surface area (TPSA) is 50.4 Å². The van der Waals surface area contributed by atoms with Crippen LogP contribution in [0.25, 0.3) is 0 Å². The number of morpholine rings is 1. The van der Waals surface area contributed by atoms with Crippen LogP contribution in [0, 0.1) is 6.92 Å². The van der Waals surface area contributed by atoms with Gasteiger partial charge in [0.1, 0.15) is 6.04 Å². The van der Waals surface area contributed by atoms with Gasteiger partial charge >= 0.3 is 0 Å². The minimum atomic E-state index is -0.227. The van der Waals surface area contributed by atoms with Gasteiger partial charge in [-0.05, 0) is 30.2 Å². The number of hydrogen-bond acceptors (Lipinski definition) is 3. The first-order valence-corrected chi connectivity index (χ1v) is 6.80. The number of amides is 1. The third-order valence-corrected chi connectivity index (χ3v) is 3.49. The average Bonchev–Trinajstić information content (AvgIpc) is 2.38. The number of rotatable bonds is 3. The summed E-state index contributed by atoms with van der Waals surface area (Å²) in [7, 11) is 0. The zero-order chi connectivity index (χ0) is 13.0. The van der Waals surface area contributed by atoms with Crippen LogP contribution < -0.4 is 10.6 Å². The summed E-state index contributed by atoms with van der Waals surface area (Å²) in [6.45, 7) is 4.44. The molecule has 1 aliphatic rings. The van der Waals surface area contributed by atoms with Gasteiger partial charge in [0.25, 0.3) is 0 Å². The Labute approximate surface area is 127 Å². The molecule has 1 aromatic rings. The van der Waals surface area contributed by atoms with E-state index in [2.05, 4.69) is 26.6 Å². The Morgan fingerprint density at radius 2 is 2.37 bits per heavy atom. The quantitative estimate of drug-likeness (QED) is 0.875. The van der Waals surface area contributed by atoms with Crippen molar-refractivity contribution >= 4 is 34.2 Å². The molecular formula is C13H18BrClN2O2. The molecule has 4 nitrogen and oxygen atoms in total. The smallest absolute Gasteiger partial charge is 0.239 e. The maximum Gasteiger partial charge on any atom is 0.239 e. The van der Waals surface area contributed by atoms with Crippen LogP contribution in [0.4, 0.5) is 0 Å². The number of halogens is 2. The normalized spacial score (nSPS) is 18.5. The minimum Gasteiger partial charge on any atom is -0.378 e. The summed E-state index contributed by atoms with van der Waals surface area (Å²) in [5.41, 5.74) is 2.29. The number of carbonyl (C=O) groups excluding carboxylic acids is 1. The van der Waals surface area contributed by atoms with Gasteiger partial charge in [-0.15, -0.1) is 12.4 Å². The Kier molecular flexibility index (Phi) is 6.79. The lowest BCUT2D eigenvalue weighted by molar-refractivity contribution is -0.126. The van der Waals surface area contributed by atoms with Gasteiger partial charge in [0.15, 0.2) is 0 Å². The van der Waals surface area contributed by atoms with E-state index in [1.807, 2.05) is 25.1 Å². The third kappa shape index (κ3) is 4.76. The van der Waals surface area contributed by atoms with Gasteiger partial charge in [0.2, 0.25) is 5.91 Å². The molecule has 2 rings (SSSR count). The average molecular weight is 350 g/mol. The number of aryl methyl sites for hydroxylation is 1. The molecule has 1 aliphatic heterocycles. The molecule has 0 spiro atoms. The number of benzene rings is 1. The van der Waals surface area contributed by atoms with Crippen LogP contribution in [0.1, 0.15) is 11.1 Å². The van der Waals surface area contributed by atoms with Crippen LogP contribution in [0.2, 0.25) is 0 Å². The zero-order valence-electron chi connectivity index (χ0n) is 10.7. The van der Waals surface area contributed by atoms with Crippen molar-refractivity contribution in [2.45, 2.75) is 19.5 Å². The number of ether oxygens (including phenoxy) is 1. The van der Waals surface area contributed by atoms with Crippen LogP contribution in [0.15, 0.2) is 22.7 Å². The molecule has 19 heavy (non-hydrogen) atoms. The molecule has 0 saturated carbocycles. The van der Waals surface area contributed by atoms with Crippen molar-refractivity contribution in [3.05, 3.63) is 33.8 Å². The van der Waals surface area contributed by atoms with Crippen LogP contribution in [0.3, 0.4) is 0 Å². The molecule has 2 N–H and O–H groups in total. The highest BCUT2D eigenvalue weighted by Crippen LogP contribution is 2.15. The van der Waals surface area contributed by atoms with Gasteiger partial charge in [0.05, 0.1) is 13.2 Å². The highest BCUT2D eigenvalue weighted by molar-refractivity contribution is 9.10. The second kappa shape index (κ2) is 7.85. The van der Waals surface area contributed by atoms with E-state index >= 15 is 0 Å². The lowest BCUT2D eigenvalue weighted by Gasteiger charge is -2.23. The van der Waals surface area contributed by atoms with Crippen molar-refractivity contribution in [1.82, 2.24) is 10.6 Å². The predicted molar refractivity (Wildman–Crippen MR) is 80.6 cm³/mol. The van der Waals surface area contributed by atoms with Crippen molar-refractivity contribution in [2.24, 2.45) is 0 Å². The summed E-state index contributed by atoms with van der Waals surface area (Å²) in [5.74, 6) is -0.00276. The summed E-state index contributed by atoms with van der Waals surface area (Å²) >= 11 is 3.43. The van der Waals surface area contributed by atoms with Gasteiger partial charge in [-0.2, -0.15) is 0 Å². The monoisotopic (exact) mass is 348 g/mol. The second-order valence-corrected chi connectivity index (χ2v) is 5.29. The predicted octanol–water partition coefficient (Wildman–Crippen LogP) is 1.78. The lowest BCUT2D eigenvalue weighted by Crippen LogP contribution is -2.51. The molecule has 106 valence electrons. The van der Waals surface area contributed by atoms with Crippen LogP contribution in [0.5, 0.6) is 0 Å². The summed E-state index contributed by atoms with van der Waals surface area (Å²) < 4.78 is 6.32. The van der Waals surface area contributed by atoms with E-state index < -0.39 is 0 Å². The van der Waals surface area contributed by atoms with Gasteiger partial charge in [0, 0.05) is 17.6 Å². The second-order valence-electron chi connectivity index (χ2n) is 4.37. The number of carbonyl (C=O) groups is 1. The summed E-state index contributed by atoms with van der Waals surface area (Å²) in [5, 5.41) is 6.07. The Hall–Kier alpha value is -0.620. The van der Waals surface area contributed by atoms with Gasteiger partial charge in [-0.25, -0.2) is 0 Å². The van der Waals surface area contributed by atoms with E-state index in [0.29, 0.717) is 19.8 Å². The molecule has 1 atom stereocenters. The van der Waals surface area contributed by atoms with Crippen molar-refractivity contribution in [1.29, 1.82) is 0 Å². The van der Waals surface area contributed by atoms with E-state index in [-0.39, 0.29) is 24.4 Å². The van der Waals surface area contributed by atoms with E-state index in [9.17, 15) is 4.79 Å². The van der Waals surface area contributed by atoms with Crippen molar-refractivity contribution in [2.75, 3.05) is 19.8 Å². The molecule has 0 radical (unpaired) electrons. The van der Waals surface area contributed by atoms with E-state index in [0.717, 1.165) is 22.1 Å². The lowest BCUT2D eigenvalue weighted by atomic mass is 10.1. The Bertz CT molecular complexity index is 437. The van der Waals surface area contributed by atoms with Gasteiger partial charge < -0.3 is 15.4 Å². The molecule has 0 aromatic heterocycles. The standard InChI is InChI=1S/C13H17BrN2O2.ClH/c1-9-6-11(14)3-2-10(9)7-16-13(17)12-8-18-5-4-15-12;/h2-3,6,12,15H,4-5,7-8H2,1H3,(H,16,17);1H. The Balaban J connectivity index is 0.00000180. The molecule has 6 heteroatoms. The molecule has 1 saturated heterocycles. The highest BCUT2D eigenvalue weighted by atomic mass is 79.9. The molecule has 0 aliphatic carbocycles. The molecule has 1 unspecified atom stereocenters. The van der Waals surface area contributed by atoms with Gasteiger partial charge in [-0.3, -0.25) is 4.79 Å². The Morgan fingerprint density at radius 3 is 3.00 bits per heavy atom. The fourth-order valence-electron chi connectivity index (χ4n) is 1.90. The fraction of sp³-hybridized carbons (Fsp3) is 0.462. The molecule has 1 fully saturated rings. The van der Waals surface area contributed by atoms with Crippen LogP contribution >= 0.6 is 28.3 Å². The maximum atomic E-state index is 11.9. The van der Waals surface area contributed by atoms with Crippen LogP contribution in [-0.4, -0.2) is 31.7 Å². The largest absolute Gasteiger partial charge is 0.378 e. The Morgan fingerprint density at radius 1 is 1.58 bits per heavy atom. The first kappa shape index (κ1) is 16.4. The van der Waals surface area contributed by atoms with E-state index in [4.69, 9.17) is 4.74 Å². The molecule has 0 bridgehead atoms. The first-order valence-electron chi connectivity index (χ1n) is 6.00.